The van der Waals surface area contributed by atoms with Crippen molar-refractivity contribution in [2.75, 3.05) is 23.3 Å². The lowest BCUT2D eigenvalue weighted by Gasteiger charge is -2.28. The summed E-state index contributed by atoms with van der Waals surface area (Å²) in [7, 11) is 0. The molecule has 1 aromatic heterocycles. The Bertz CT molecular complexity index is 724. The van der Waals surface area contributed by atoms with Crippen LogP contribution in [0.5, 0.6) is 0 Å². The minimum absolute atomic E-state index is 0.534. The summed E-state index contributed by atoms with van der Waals surface area (Å²) in [6.07, 6.45) is 3.94. The zero-order valence-electron chi connectivity index (χ0n) is 12.5. The summed E-state index contributed by atoms with van der Waals surface area (Å²) in [6, 6.07) is 16.8. The fourth-order valence-corrected chi connectivity index (χ4v) is 2.96. The highest BCUT2D eigenvalue weighted by Gasteiger charge is 2.11. The van der Waals surface area contributed by atoms with Crippen LogP contribution in [0, 0.1) is 0 Å². The molecule has 0 atom stereocenters. The molecule has 0 unspecified atom stereocenters. The molecule has 0 amide bonds. The molecule has 0 aliphatic carbocycles. The van der Waals surface area contributed by atoms with E-state index in [9.17, 15) is 0 Å². The van der Waals surface area contributed by atoms with Crippen LogP contribution < -0.4 is 10.2 Å². The maximum Gasteiger partial charge on any atom is 0.300 e. The molecule has 4 nitrogen and oxygen atoms in total. The molecule has 112 valence electrons. The molecule has 1 saturated heterocycles. The normalized spacial score (nSPS) is 15.2. The first-order valence-corrected chi connectivity index (χ1v) is 7.86. The van der Waals surface area contributed by atoms with Gasteiger partial charge in [0.15, 0.2) is 5.58 Å². The van der Waals surface area contributed by atoms with Gasteiger partial charge in [-0.25, -0.2) is 0 Å². The number of hydrogen-bond acceptors (Lipinski definition) is 4. The second-order valence-electron chi connectivity index (χ2n) is 5.71. The first-order valence-electron chi connectivity index (χ1n) is 7.86. The highest BCUT2D eigenvalue weighted by molar-refractivity contribution is 5.75. The monoisotopic (exact) mass is 293 g/mol. The number of para-hydroxylation sites is 2. The average molecular weight is 293 g/mol. The predicted octanol–water partition coefficient (Wildman–Crippen LogP) is 4.56. The molecule has 1 N–H and O–H groups in total. The fraction of sp³-hybridized carbons (Fsp3) is 0.278. The van der Waals surface area contributed by atoms with E-state index in [-0.39, 0.29) is 0 Å². The summed E-state index contributed by atoms with van der Waals surface area (Å²) < 4.78 is 5.69. The summed E-state index contributed by atoms with van der Waals surface area (Å²) in [5, 5.41) is 3.23. The third kappa shape index (κ3) is 2.64. The number of fused-ring (bicyclic) bond motifs is 1. The predicted molar refractivity (Wildman–Crippen MR) is 89.8 cm³/mol. The highest BCUT2D eigenvalue weighted by atomic mass is 16.4. The van der Waals surface area contributed by atoms with Crippen molar-refractivity contribution in [3.8, 4) is 0 Å². The Kier molecular flexibility index (Phi) is 3.43. The van der Waals surface area contributed by atoms with Crippen molar-refractivity contribution in [2.24, 2.45) is 0 Å². The lowest BCUT2D eigenvalue weighted by atomic mass is 10.1. The van der Waals surface area contributed by atoms with Gasteiger partial charge in [0.05, 0.1) is 0 Å². The molecular formula is C18H19N3O. The maximum absolute atomic E-state index is 5.69. The van der Waals surface area contributed by atoms with Gasteiger partial charge < -0.3 is 14.6 Å². The Morgan fingerprint density at radius 1 is 0.909 bits per heavy atom. The van der Waals surface area contributed by atoms with Gasteiger partial charge in [0, 0.05) is 24.5 Å². The smallest absolute Gasteiger partial charge is 0.300 e. The first-order chi connectivity index (χ1) is 10.9. The zero-order chi connectivity index (χ0) is 14.8. The van der Waals surface area contributed by atoms with Gasteiger partial charge >= 0.3 is 0 Å². The lowest BCUT2D eigenvalue weighted by molar-refractivity contribution is 0.578. The molecule has 1 aliphatic heterocycles. The topological polar surface area (TPSA) is 41.3 Å². The van der Waals surface area contributed by atoms with Gasteiger partial charge in [-0.3, -0.25) is 0 Å². The van der Waals surface area contributed by atoms with Crippen molar-refractivity contribution in [3.05, 3.63) is 48.5 Å². The van der Waals surface area contributed by atoms with E-state index in [0.717, 1.165) is 29.9 Å². The second kappa shape index (κ2) is 5.72. The van der Waals surface area contributed by atoms with Gasteiger partial charge in [-0.05, 0) is 55.7 Å². The van der Waals surface area contributed by atoms with Crippen LogP contribution in [0.1, 0.15) is 19.3 Å². The average Bonchev–Trinajstić information content (AvgIpc) is 2.98. The number of anilines is 3. The standard InChI is InChI=1S/C18H19N3O/c1-4-12-21(13-5-1)15-10-8-14(9-11-15)19-18-20-16-6-2-3-7-17(16)22-18/h2-3,6-11H,1,4-5,12-13H2,(H,19,20). The van der Waals surface area contributed by atoms with Crippen LogP contribution in [-0.4, -0.2) is 18.1 Å². The number of hydrogen-bond donors (Lipinski definition) is 1. The highest BCUT2D eigenvalue weighted by Crippen LogP contribution is 2.25. The molecule has 0 saturated carbocycles. The van der Waals surface area contributed by atoms with Crippen LogP contribution in [-0.2, 0) is 0 Å². The summed E-state index contributed by atoms with van der Waals surface area (Å²) in [5.41, 5.74) is 3.96. The Morgan fingerprint density at radius 3 is 2.45 bits per heavy atom. The molecule has 1 aliphatic rings. The number of nitrogens with one attached hydrogen (secondary N) is 1. The quantitative estimate of drug-likeness (QED) is 0.768. The van der Waals surface area contributed by atoms with Crippen LogP contribution in [0.2, 0.25) is 0 Å². The van der Waals surface area contributed by atoms with Gasteiger partial charge in [0.25, 0.3) is 6.01 Å². The van der Waals surface area contributed by atoms with E-state index >= 15 is 0 Å². The van der Waals surface area contributed by atoms with Crippen LogP contribution >= 0.6 is 0 Å². The fourth-order valence-electron chi connectivity index (χ4n) is 2.96. The van der Waals surface area contributed by atoms with E-state index in [1.807, 2.05) is 24.3 Å². The van der Waals surface area contributed by atoms with E-state index in [2.05, 4.69) is 39.5 Å². The summed E-state index contributed by atoms with van der Waals surface area (Å²) in [4.78, 5) is 6.88. The van der Waals surface area contributed by atoms with E-state index in [0.29, 0.717) is 6.01 Å². The Labute approximate surface area is 129 Å². The minimum Gasteiger partial charge on any atom is -0.423 e. The molecule has 0 spiro atoms. The molecule has 0 radical (unpaired) electrons. The molecule has 1 fully saturated rings. The summed E-state index contributed by atoms with van der Waals surface area (Å²) in [6.45, 7) is 2.33. The second-order valence-corrected chi connectivity index (χ2v) is 5.71. The number of benzene rings is 2. The Balaban J connectivity index is 1.50. The molecule has 22 heavy (non-hydrogen) atoms. The molecule has 4 rings (SSSR count). The van der Waals surface area contributed by atoms with E-state index in [1.165, 1.54) is 24.9 Å². The number of piperidine rings is 1. The van der Waals surface area contributed by atoms with E-state index in [1.54, 1.807) is 0 Å². The lowest BCUT2D eigenvalue weighted by Crippen LogP contribution is -2.29. The van der Waals surface area contributed by atoms with Crippen molar-refractivity contribution in [1.82, 2.24) is 4.98 Å². The van der Waals surface area contributed by atoms with Gasteiger partial charge in [-0.1, -0.05) is 12.1 Å². The van der Waals surface area contributed by atoms with Crippen molar-refractivity contribution in [1.29, 1.82) is 0 Å². The molecule has 3 aromatic rings. The zero-order valence-corrected chi connectivity index (χ0v) is 12.5. The van der Waals surface area contributed by atoms with Crippen LogP contribution in [0.25, 0.3) is 11.1 Å². The van der Waals surface area contributed by atoms with Crippen LogP contribution in [0.15, 0.2) is 52.9 Å². The van der Waals surface area contributed by atoms with Crippen molar-refractivity contribution < 1.29 is 4.42 Å². The van der Waals surface area contributed by atoms with E-state index in [4.69, 9.17) is 4.42 Å². The molecule has 4 heteroatoms. The van der Waals surface area contributed by atoms with Crippen LogP contribution in [0.4, 0.5) is 17.4 Å². The Morgan fingerprint density at radius 2 is 1.68 bits per heavy atom. The minimum atomic E-state index is 0.534. The van der Waals surface area contributed by atoms with Gasteiger partial charge in [0.2, 0.25) is 0 Å². The molecule has 2 aromatic carbocycles. The number of nitrogens with zero attached hydrogens (tertiary/aromatic N) is 2. The van der Waals surface area contributed by atoms with Gasteiger partial charge in [-0.2, -0.15) is 4.98 Å². The SMILES string of the molecule is c1ccc2oc(Nc3ccc(N4CCCCC4)cc3)nc2c1. The van der Waals surface area contributed by atoms with Gasteiger partial charge in [-0.15, -0.1) is 0 Å². The largest absolute Gasteiger partial charge is 0.423 e. The van der Waals surface area contributed by atoms with E-state index < -0.39 is 0 Å². The summed E-state index contributed by atoms with van der Waals surface area (Å²) in [5.74, 6) is 0. The molecule has 0 bridgehead atoms. The maximum atomic E-state index is 5.69. The van der Waals surface area contributed by atoms with Crippen LogP contribution in [0.3, 0.4) is 0 Å². The van der Waals surface area contributed by atoms with Crippen molar-refractivity contribution in [3.63, 3.8) is 0 Å². The Hall–Kier alpha value is -2.49. The summed E-state index contributed by atoms with van der Waals surface area (Å²) >= 11 is 0. The number of aromatic nitrogens is 1. The third-order valence-corrected chi connectivity index (χ3v) is 4.13. The number of oxazole rings is 1. The molecular weight excluding hydrogens is 274 g/mol. The third-order valence-electron chi connectivity index (χ3n) is 4.13. The van der Waals surface area contributed by atoms with Gasteiger partial charge in [0.1, 0.15) is 5.52 Å². The molecule has 2 heterocycles. The number of rotatable bonds is 3. The first kappa shape index (κ1) is 13.2. The van der Waals surface area contributed by atoms with Crippen molar-refractivity contribution >= 4 is 28.5 Å². The van der Waals surface area contributed by atoms with Crippen molar-refractivity contribution in [2.45, 2.75) is 19.3 Å².